The molecule has 9 nitrogen and oxygen atoms in total. The van der Waals surface area contributed by atoms with Gasteiger partial charge in [-0.25, -0.2) is 0 Å². The molecule has 3 N–H and O–H groups in total. The van der Waals surface area contributed by atoms with Gasteiger partial charge in [0.2, 0.25) is 11.8 Å². The lowest BCUT2D eigenvalue weighted by atomic mass is 10.0. The number of benzene rings is 2. The van der Waals surface area contributed by atoms with E-state index < -0.39 is 5.25 Å². The first-order valence-corrected chi connectivity index (χ1v) is 12.5. The Morgan fingerprint density at radius 2 is 1.74 bits per heavy atom. The lowest BCUT2D eigenvalue weighted by Crippen LogP contribution is -2.25. The van der Waals surface area contributed by atoms with Gasteiger partial charge < -0.3 is 20.9 Å². The summed E-state index contributed by atoms with van der Waals surface area (Å²) >= 11 is 1.36. The van der Waals surface area contributed by atoms with Crippen LogP contribution in [0.2, 0.25) is 0 Å². The minimum atomic E-state index is -0.499. The van der Waals surface area contributed by atoms with E-state index in [1.54, 1.807) is 36.4 Å². The van der Waals surface area contributed by atoms with E-state index in [4.69, 9.17) is 0 Å². The van der Waals surface area contributed by atoms with Gasteiger partial charge in [0, 0.05) is 48.6 Å². The number of carbonyl (C=O) groups is 4. The van der Waals surface area contributed by atoms with Crippen LogP contribution in [0.1, 0.15) is 41.6 Å². The summed E-state index contributed by atoms with van der Waals surface area (Å²) in [5, 5.41) is 8.70. The number of rotatable bonds is 5. The second kappa shape index (κ2) is 9.91. The van der Waals surface area contributed by atoms with E-state index in [2.05, 4.69) is 25.8 Å². The smallest absolute Gasteiger partial charge is 0.262 e. The number of fused-ring (bicyclic) bond motifs is 1. The average molecular weight is 492 g/mol. The van der Waals surface area contributed by atoms with Crippen LogP contribution in [0.4, 0.5) is 17.1 Å². The number of hydrogen-bond acceptors (Lipinski definition) is 6. The fraction of sp³-hybridized carbons (Fsp3) is 0.320. The maximum absolute atomic E-state index is 12.6. The molecule has 1 saturated heterocycles. The molecule has 0 bridgehead atoms. The van der Waals surface area contributed by atoms with Gasteiger partial charge in [-0.15, -0.1) is 0 Å². The Morgan fingerprint density at radius 1 is 1.00 bits per heavy atom. The number of aliphatic imine (C=N–C) groups is 1. The van der Waals surface area contributed by atoms with Gasteiger partial charge in [-0.3, -0.25) is 19.2 Å². The molecule has 3 aliphatic rings. The van der Waals surface area contributed by atoms with Gasteiger partial charge in [0.1, 0.15) is 5.25 Å². The van der Waals surface area contributed by atoms with Gasteiger partial charge >= 0.3 is 0 Å². The van der Waals surface area contributed by atoms with E-state index in [9.17, 15) is 19.2 Å². The SMILES string of the molecule is O=C(CC1SC(N2CCCC2)=NC1=O)Nc1ccc(C(=O)Nc2ccc3c(c2)CCC(=O)N3)cc1. The molecule has 3 heterocycles. The van der Waals surface area contributed by atoms with E-state index >= 15 is 0 Å². The summed E-state index contributed by atoms with van der Waals surface area (Å²) in [4.78, 5) is 55.1. The zero-order chi connectivity index (χ0) is 24.4. The summed E-state index contributed by atoms with van der Waals surface area (Å²) in [5.74, 6) is -0.812. The van der Waals surface area contributed by atoms with Gasteiger partial charge in [-0.1, -0.05) is 11.8 Å². The van der Waals surface area contributed by atoms with Crippen molar-refractivity contribution in [2.75, 3.05) is 29.0 Å². The van der Waals surface area contributed by atoms with Gasteiger partial charge in [0.25, 0.3) is 11.8 Å². The Balaban J connectivity index is 1.13. The highest BCUT2D eigenvalue weighted by molar-refractivity contribution is 8.15. The predicted octanol–water partition coefficient (Wildman–Crippen LogP) is 3.25. The highest BCUT2D eigenvalue weighted by Gasteiger charge is 2.33. The molecule has 4 amide bonds. The van der Waals surface area contributed by atoms with E-state index in [1.165, 1.54) is 11.8 Å². The molecule has 2 aromatic carbocycles. The second-order valence-corrected chi connectivity index (χ2v) is 9.91. The number of aryl methyl sites for hydroxylation is 1. The fourth-order valence-corrected chi connectivity index (χ4v) is 5.42. The first kappa shape index (κ1) is 23.1. The molecule has 5 rings (SSSR count). The quantitative estimate of drug-likeness (QED) is 0.591. The van der Waals surface area contributed by atoms with Crippen molar-refractivity contribution in [1.82, 2.24) is 4.90 Å². The van der Waals surface area contributed by atoms with Crippen molar-refractivity contribution in [3.63, 3.8) is 0 Å². The minimum absolute atomic E-state index is 0.00442. The van der Waals surface area contributed by atoms with Crippen molar-refractivity contribution >= 4 is 57.6 Å². The van der Waals surface area contributed by atoms with Crippen molar-refractivity contribution < 1.29 is 19.2 Å². The number of amides is 4. The summed E-state index contributed by atoms with van der Waals surface area (Å²) in [6, 6.07) is 12.0. The topological polar surface area (TPSA) is 120 Å². The van der Waals surface area contributed by atoms with Gasteiger partial charge in [0.05, 0.1) is 0 Å². The molecule has 0 aliphatic carbocycles. The van der Waals surface area contributed by atoms with Crippen LogP contribution >= 0.6 is 11.8 Å². The summed E-state index contributed by atoms with van der Waals surface area (Å²) in [7, 11) is 0. The summed E-state index contributed by atoms with van der Waals surface area (Å²) in [5.41, 5.74) is 3.40. The molecule has 3 aliphatic heterocycles. The number of thioether (sulfide) groups is 1. The largest absolute Gasteiger partial charge is 0.351 e. The Bertz CT molecular complexity index is 1220. The molecular formula is C25H25N5O4S. The predicted molar refractivity (Wildman–Crippen MR) is 136 cm³/mol. The molecule has 1 unspecified atom stereocenters. The van der Waals surface area contributed by atoms with E-state index in [1.807, 2.05) is 6.07 Å². The Labute approximate surface area is 206 Å². The fourth-order valence-electron chi connectivity index (χ4n) is 4.30. The molecule has 1 atom stereocenters. The van der Waals surface area contributed by atoms with E-state index in [0.29, 0.717) is 29.8 Å². The maximum atomic E-state index is 12.6. The number of anilines is 3. The Hall–Kier alpha value is -3.66. The van der Waals surface area contributed by atoms with Crippen molar-refractivity contribution in [1.29, 1.82) is 0 Å². The molecule has 180 valence electrons. The molecule has 10 heteroatoms. The summed E-state index contributed by atoms with van der Waals surface area (Å²) < 4.78 is 0. The van der Waals surface area contributed by atoms with Crippen LogP contribution in [0, 0.1) is 0 Å². The lowest BCUT2D eigenvalue weighted by Gasteiger charge is -2.17. The normalized spacial score (nSPS) is 19.1. The molecule has 0 saturated carbocycles. The molecule has 0 radical (unpaired) electrons. The van der Waals surface area contributed by atoms with Crippen LogP contribution in [0.25, 0.3) is 0 Å². The second-order valence-electron chi connectivity index (χ2n) is 8.74. The molecule has 0 aromatic heterocycles. The molecule has 0 spiro atoms. The number of likely N-dealkylation sites (tertiary alicyclic amines) is 1. The minimum Gasteiger partial charge on any atom is -0.351 e. The molecule has 35 heavy (non-hydrogen) atoms. The average Bonchev–Trinajstić information content (AvgIpc) is 3.50. The highest BCUT2D eigenvalue weighted by Crippen LogP contribution is 2.29. The standard InChI is InChI=1S/C25H25N5O4S/c31-21-10-5-16-13-18(8-9-19(16)28-21)27-23(33)15-3-6-17(7-4-15)26-22(32)14-20-24(34)29-25(35-20)30-11-1-2-12-30/h3-4,6-9,13,20H,1-2,5,10-12,14H2,(H,26,32)(H,27,33)(H,28,31). The maximum Gasteiger partial charge on any atom is 0.262 e. The third-order valence-corrected chi connectivity index (χ3v) is 7.38. The number of nitrogens with zero attached hydrogens (tertiary/aromatic N) is 2. The number of hydrogen-bond donors (Lipinski definition) is 3. The highest BCUT2D eigenvalue weighted by atomic mass is 32.2. The molecule has 1 fully saturated rings. The zero-order valence-corrected chi connectivity index (χ0v) is 19.8. The molecule has 2 aromatic rings. The van der Waals surface area contributed by atoms with Crippen molar-refractivity contribution in [3.05, 3.63) is 53.6 Å². The van der Waals surface area contributed by atoms with Crippen molar-refractivity contribution in [2.24, 2.45) is 4.99 Å². The van der Waals surface area contributed by atoms with Crippen molar-refractivity contribution in [3.8, 4) is 0 Å². The number of amidine groups is 1. The third-order valence-electron chi connectivity index (χ3n) is 6.17. The van der Waals surface area contributed by atoms with Crippen molar-refractivity contribution in [2.45, 2.75) is 37.4 Å². The summed E-state index contributed by atoms with van der Waals surface area (Å²) in [6.07, 6.45) is 3.30. The Kier molecular flexibility index (Phi) is 6.54. The first-order chi connectivity index (χ1) is 16.9. The summed E-state index contributed by atoms with van der Waals surface area (Å²) in [6.45, 7) is 1.81. The van der Waals surface area contributed by atoms with E-state index in [-0.39, 0.29) is 30.0 Å². The first-order valence-electron chi connectivity index (χ1n) is 11.6. The van der Waals surface area contributed by atoms with Crippen LogP contribution in [-0.4, -0.2) is 52.0 Å². The molecular weight excluding hydrogens is 466 g/mol. The van der Waals surface area contributed by atoms with Crippen LogP contribution in [0.3, 0.4) is 0 Å². The van der Waals surface area contributed by atoms with Gasteiger partial charge in [0.15, 0.2) is 5.17 Å². The van der Waals surface area contributed by atoms with Gasteiger partial charge in [-0.05, 0) is 67.3 Å². The number of carbonyl (C=O) groups excluding carboxylic acids is 4. The van der Waals surface area contributed by atoms with Crippen LogP contribution < -0.4 is 16.0 Å². The van der Waals surface area contributed by atoms with Gasteiger partial charge in [-0.2, -0.15) is 4.99 Å². The van der Waals surface area contributed by atoms with Crippen LogP contribution in [0.5, 0.6) is 0 Å². The third kappa shape index (κ3) is 5.37. The van der Waals surface area contributed by atoms with Crippen LogP contribution in [0.15, 0.2) is 47.5 Å². The van der Waals surface area contributed by atoms with Crippen LogP contribution in [-0.2, 0) is 20.8 Å². The zero-order valence-electron chi connectivity index (χ0n) is 19.0. The monoisotopic (exact) mass is 491 g/mol. The number of nitrogens with one attached hydrogen (secondary N) is 3. The van der Waals surface area contributed by atoms with E-state index in [0.717, 1.165) is 42.3 Å². The Morgan fingerprint density at radius 3 is 2.51 bits per heavy atom. The lowest BCUT2D eigenvalue weighted by molar-refractivity contribution is -0.121.